The molecule has 0 spiro atoms. The molecule has 0 fully saturated rings. The summed E-state index contributed by atoms with van der Waals surface area (Å²) in [6.45, 7) is 3.01. The Labute approximate surface area is 88.5 Å². The van der Waals surface area contributed by atoms with Gasteiger partial charge in [0.05, 0.1) is 5.56 Å². The number of anilines is 2. The highest BCUT2D eigenvalue weighted by Gasteiger charge is 2.19. The van der Waals surface area contributed by atoms with Crippen molar-refractivity contribution in [2.75, 3.05) is 30.9 Å². The van der Waals surface area contributed by atoms with E-state index in [9.17, 15) is 4.79 Å². The van der Waals surface area contributed by atoms with Crippen LogP contribution in [0.3, 0.4) is 0 Å². The lowest BCUT2D eigenvalue weighted by Crippen LogP contribution is -2.30. The normalized spacial score (nSPS) is 19.3. The SMILES string of the molecule is C[C@H]1CNc2nc(N(C)C)[nH]c(=O)c2C1. The van der Waals surface area contributed by atoms with Gasteiger partial charge in [0.25, 0.3) is 5.56 Å². The van der Waals surface area contributed by atoms with Crippen molar-refractivity contribution < 1.29 is 0 Å². The Morgan fingerprint density at radius 2 is 2.20 bits per heavy atom. The highest BCUT2D eigenvalue weighted by Crippen LogP contribution is 2.20. The van der Waals surface area contributed by atoms with Crippen LogP contribution in [0, 0.1) is 5.92 Å². The number of H-pyrrole nitrogens is 1. The summed E-state index contributed by atoms with van der Waals surface area (Å²) in [5, 5.41) is 3.19. The average Bonchev–Trinajstić information content (AvgIpc) is 2.18. The van der Waals surface area contributed by atoms with Crippen LogP contribution in [-0.2, 0) is 6.42 Å². The van der Waals surface area contributed by atoms with Gasteiger partial charge in [-0.15, -0.1) is 0 Å². The standard InChI is InChI=1S/C10H16N4O/c1-6-4-7-8(11-5-6)12-10(14(2)3)13-9(7)15/h6H,4-5H2,1-3H3,(H2,11,12,13,15)/t6-/m1/s1. The summed E-state index contributed by atoms with van der Waals surface area (Å²) in [6, 6.07) is 0. The lowest BCUT2D eigenvalue weighted by atomic mass is 9.99. The van der Waals surface area contributed by atoms with E-state index in [2.05, 4.69) is 22.2 Å². The summed E-state index contributed by atoms with van der Waals surface area (Å²) < 4.78 is 0. The van der Waals surface area contributed by atoms with Crippen LogP contribution >= 0.6 is 0 Å². The van der Waals surface area contributed by atoms with Crippen LogP contribution in [0.15, 0.2) is 4.79 Å². The van der Waals surface area contributed by atoms with Gasteiger partial charge in [-0.3, -0.25) is 9.78 Å². The second kappa shape index (κ2) is 3.56. The highest BCUT2D eigenvalue weighted by molar-refractivity contribution is 5.49. The van der Waals surface area contributed by atoms with Gasteiger partial charge in [-0.1, -0.05) is 6.92 Å². The van der Waals surface area contributed by atoms with Crippen molar-refractivity contribution in [2.45, 2.75) is 13.3 Å². The van der Waals surface area contributed by atoms with E-state index in [-0.39, 0.29) is 5.56 Å². The van der Waals surface area contributed by atoms with Crippen LogP contribution in [-0.4, -0.2) is 30.6 Å². The van der Waals surface area contributed by atoms with Crippen molar-refractivity contribution >= 4 is 11.8 Å². The quantitative estimate of drug-likeness (QED) is 0.703. The molecule has 0 unspecified atom stereocenters. The van der Waals surface area contributed by atoms with Crippen LogP contribution in [0.1, 0.15) is 12.5 Å². The van der Waals surface area contributed by atoms with Crippen molar-refractivity contribution in [1.29, 1.82) is 0 Å². The average molecular weight is 208 g/mol. The van der Waals surface area contributed by atoms with E-state index in [0.29, 0.717) is 11.9 Å². The summed E-state index contributed by atoms with van der Waals surface area (Å²) in [5.74, 6) is 1.83. The molecule has 0 radical (unpaired) electrons. The third-order valence-corrected chi connectivity index (χ3v) is 2.60. The molecule has 82 valence electrons. The second-order valence-electron chi connectivity index (χ2n) is 4.30. The van der Waals surface area contributed by atoms with Gasteiger partial charge in [0.15, 0.2) is 0 Å². The molecule has 0 saturated carbocycles. The predicted molar refractivity (Wildman–Crippen MR) is 60.5 cm³/mol. The van der Waals surface area contributed by atoms with Gasteiger partial charge in [-0.25, -0.2) is 0 Å². The maximum atomic E-state index is 11.8. The van der Waals surface area contributed by atoms with Gasteiger partial charge in [0.1, 0.15) is 5.82 Å². The molecule has 1 aliphatic rings. The number of aromatic nitrogens is 2. The molecule has 0 aromatic carbocycles. The number of fused-ring (bicyclic) bond motifs is 1. The summed E-state index contributed by atoms with van der Waals surface area (Å²) >= 11 is 0. The predicted octanol–water partition coefficient (Wildman–Crippen LogP) is 0.440. The smallest absolute Gasteiger partial charge is 0.257 e. The van der Waals surface area contributed by atoms with E-state index in [4.69, 9.17) is 0 Å². The van der Waals surface area contributed by atoms with Gasteiger partial charge in [0, 0.05) is 20.6 Å². The third-order valence-electron chi connectivity index (χ3n) is 2.60. The molecule has 15 heavy (non-hydrogen) atoms. The molecule has 5 nitrogen and oxygen atoms in total. The molecular weight excluding hydrogens is 192 g/mol. The van der Waals surface area contributed by atoms with Crippen molar-refractivity contribution in [3.8, 4) is 0 Å². The maximum Gasteiger partial charge on any atom is 0.257 e. The summed E-state index contributed by atoms with van der Waals surface area (Å²) in [5.41, 5.74) is 0.752. The van der Waals surface area contributed by atoms with Gasteiger partial charge < -0.3 is 10.2 Å². The maximum absolute atomic E-state index is 11.8. The lowest BCUT2D eigenvalue weighted by molar-refractivity contribution is 0.585. The largest absolute Gasteiger partial charge is 0.369 e. The van der Waals surface area contributed by atoms with Crippen molar-refractivity contribution in [3.05, 3.63) is 15.9 Å². The Morgan fingerprint density at radius 1 is 1.47 bits per heavy atom. The molecule has 1 atom stereocenters. The highest BCUT2D eigenvalue weighted by atomic mass is 16.1. The molecule has 1 aliphatic heterocycles. The van der Waals surface area contributed by atoms with E-state index >= 15 is 0 Å². The Balaban J connectivity index is 2.48. The third kappa shape index (κ3) is 1.82. The fourth-order valence-corrected chi connectivity index (χ4v) is 1.72. The Kier molecular flexibility index (Phi) is 2.38. The Hall–Kier alpha value is -1.52. The Bertz CT molecular complexity index is 424. The van der Waals surface area contributed by atoms with Crippen LogP contribution in [0.2, 0.25) is 0 Å². The Morgan fingerprint density at radius 3 is 2.87 bits per heavy atom. The van der Waals surface area contributed by atoms with Crippen molar-refractivity contribution in [1.82, 2.24) is 9.97 Å². The van der Waals surface area contributed by atoms with Gasteiger partial charge in [0.2, 0.25) is 5.95 Å². The topological polar surface area (TPSA) is 61.0 Å². The second-order valence-corrected chi connectivity index (χ2v) is 4.30. The van der Waals surface area contributed by atoms with E-state index in [1.807, 2.05) is 14.1 Å². The van der Waals surface area contributed by atoms with Crippen LogP contribution in [0.4, 0.5) is 11.8 Å². The number of nitrogens with one attached hydrogen (secondary N) is 2. The zero-order valence-corrected chi connectivity index (χ0v) is 9.29. The summed E-state index contributed by atoms with van der Waals surface area (Å²) in [4.78, 5) is 20.7. The molecule has 0 aliphatic carbocycles. The van der Waals surface area contributed by atoms with Crippen LogP contribution < -0.4 is 15.8 Å². The monoisotopic (exact) mass is 208 g/mol. The molecule has 2 rings (SSSR count). The van der Waals surface area contributed by atoms with E-state index in [0.717, 1.165) is 24.3 Å². The summed E-state index contributed by atoms with van der Waals surface area (Å²) in [7, 11) is 3.71. The molecule has 1 aromatic rings. The van der Waals surface area contributed by atoms with Gasteiger partial charge in [-0.2, -0.15) is 4.98 Å². The number of hydrogen-bond acceptors (Lipinski definition) is 4. The minimum absolute atomic E-state index is 0.0252. The fraction of sp³-hybridized carbons (Fsp3) is 0.600. The number of aromatic amines is 1. The number of rotatable bonds is 1. The minimum Gasteiger partial charge on any atom is -0.369 e. The van der Waals surface area contributed by atoms with Gasteiger partial charge >= 0.3 is 0 Å². The first-order valence-electron chi connectivity index (χ1n) is 5.12. The summed E-state index contributed by atoms with van der Waals surface area (Å²) in [6.07, 6.45) is 0.804. The van der Waals surface area contributed by atoms with E-state index in [1.165, 1.54) is 0 Å². The molecule has 0 bridgehead atoms. The fourth-order valence-electron chi connectivity index (χ4n) is 1.72. The number of nitrogens with zero attached hydrogens (tertiary/aromatic N) is 2. The zero-order valence-electron chi connectivity index (χ0n) is 9.29. The molecule has 2 N–H and O–H groups in total. The van der Waals surface area contributed by atoms with Crippen molar-refractivity contribution in [2.24, 2.45) is 5.92 Å². The first-order valence-corrected chi connectivity index (χ1v) is 5.12. The van der Waals surface area contributed by atoms with Gasteiger partial charge in [-0.05, 0) is 12.3 Å². The minimum atomic E-state index is -0.0252. The number of hydrogen-bond donors (Lipinski definition) is 2. The van der Waals surface area contributed by atoms with Crippen LogP contribution in [0.25, 0.3) is 0 Å². The first kappa shape index (κ1) is 10.0. The molecule has 2 heterocycles. The van der Waals surface area contributed by atoms with E-state index in [1.54, 1.807) is 4.90 Å². The van der Waals surface area contributed by atoms with Crippen LogP contribution in [0.5, 0.6) is 0 Å². The van der Waals surface area contributed by atoms with E-state index < -0.39 is 0 Å². The molecule has 0 saturated heterocycles. The molecular formula is C10H16N4O. The van der Waals surface area contributed by atoms with Crippen molar-refractivity contribution in [3.63, 3.8) is 0 Å². The molecule has 1 aromatic heterocycles. The molecule has 0 amide bonds. The first-order chi connectivity index (χ1) is 7.08. The lowest BCUT2D eigenvalue weighted by Gasteiger charge is -2.23. The molecule has 5 heteroatoms. The zero-order chi connectivity index (χ0) is 11.0.